The number of rotatable bonds is 4. The van der Waals surface area contributed by atoms with Crippen LogP contribution in [0.3, 0.4) is 0 Å². The molecule has 14 rings (SSSR count). The van der Waals surface area contributed by atoms with Gasteiger partial charge in [0.1, 0.15) is 22.7 Å². The van der Waals surface area contributed by atoms with E-state index in [2.05, 4.69) is 213 Å². The number of hydrogen-bond acceptors (Lipinski definition) is 3. The average molecular weight is 818 g/mol. The maximum Gasteiger partial charge on any atom is 0.137 e. The molecule has 1 aliphatic heterocycles. The summed E-state index contributed by atoms with van der Waals surface area (Å²) in [6.45, 7) is 4.70. The predicted molar refractivity (Wildman–Crippen MR) is 267 cm³/mol. The number of nitrogens with zero attached hydrogens (tertiary/aromatic N) is 1. The van der Waals surface area contributed by atoms with Gasteiger partial charge in [-0.05, 0) is 132 Å². The van der Waals surface area contributed by atoms with Gasteiger partial charge < -0.3 is 14.1 Å². The second-order valence-corrected chi connectivity index (χ2v) is 18.0. The molecule has 64 heavy (non-hydrogen) atoms. The molecule has 0 atom stereocenters. The first-order valence-corrected chi connectivity index (χ1v) is 22.2. The highest BCUT2D eigenvalue weighted by Crippen LogP contribution is 2.55. The van der Waals surface area contributed by atoms with Crippen molar-refractivity contribution in [2.45, 2.75) is 19.3 Å². The Bertz CT molecular complexity index is 3950. The van der Waals surface area contributed by atoms with Crippen LogP contribution in [-0.2, 0) is 5.41 Å². The standard InChI is InChI=1S/C61H39NO2/c1-61(2)51-21-9-7-17-44(51)45-30-27-38(35-52(45)61)62(54-22-12-24-56-60(54)49-18-8-10-23-55(49)63-56)53-31-32-57-59-47(19-11-20-48(53)59)46-29-26-37(34-58(46)64-57)36-25-28-43-41-15-4-3-13-39(41)40-14-5-6-16-42(40)50(43)33-36/h3-35H,1-2H3. The summed E-state index contributed by atoms with van der Waals surface area (Å²) < 4.78 is 13.5. The zero-order chi connectivity index (χ0) is 42.3. The topological polar surface area (TPSA) is 25.6 Å². The van der Waals surface area contributed by atoms with Crippen molar-refractivity contribution in [2.24, 2.45) is 0 Å². The van der Waals surface area contributed by atoms with E-state index in [1.807, 2.05) is 6.07 Å². The number of furan rings is 1. The molecule has 2 heterocycles. The van der Waals surface area contributed by atoms with Crippen LogP contribution >= 0.6 is 0 Å². The fraction of sp³-hybridized carbons (Fsp3) is 0.0492. The number of anilines is 3. The minimum absolute atomic E-state index is 0.159. The second kappa shape index (κ2) is 12.9. The van der Waals surface area contributed by atoms with Gasteiger partial charge >= 0.3 is 0 Å². The van der Waals surface area contributed by atoms with Gasteiger partial charge in [-0.15, -0.1) is 0 Å². The van der Waals surface area contributed by atoms with E-state index < -0.39 is 0 Å². The van der Waals surface area contributed by atoms with E-state index >= 15 is 0 Å². The third kappa shape index (κ3) is 4.87. The lowest BCUT2D eigenvalue weighted by Gasteiger charge is -2.31. The molecule has 3 nitrogen and oxygen atoms in total. The Morgan fingerprint density at radius 3 is 1.80 bits per heavy atom. The maximum absolute atomic E-state index is 6.98. The fourth-order valence-electron chi connectivity index (χ4n) is 11.3. The lowest BCUT2D eigenvalue weighted by molar-refractivity contribution is 0.487. The first kappa shape index (κ1) is 35.5. The molecular weight excluding hydrogens is 779 g/mol. The maximum atomic E-state index is 6.98. The summed E-state index contributed by atoms with van der Waals surface area (Å²) in [7, 11) is 0. The summed E-state index contributed by atoms with van der Waals surface area (Å²) in [6.07, 6.45) is 0. The number of ether oxygens (including phenoxy) is 1. The minimum atomic E-state index is -0.159. The predicted octanol–water partition coefficient (Wildman–Crippen LogP) is 17.4. The van der Waals surface area contributed by atoms with Crippen LogP contribution in [0.25, 0.3) is 98.4 Å². The normalized spacial score (nSPS) is 13.4. The molecule has 0 N–H and O–H groups in total. The Hall–Kier alpha value is -8.14. The van der Waals surface area contributed by atoms with Gasteiger partial charge in [-0.25, -0.2) is 0 Å². The molecule has 12 aromatic rings. The fourth-order valence-corrected chi connectivity index (χ4v) is 11.3. The van der Waals surface area contributed by atoms with Gasteiger partial charge in [0.25, 0.3) is 0 Å². The molecule has 0 saturated carbocycles. The van der Waals surface area contributed by atoms with Crippen LogP contribution in [0, 0.1) is 0 Å². The van der Waals surface area contributed by atoms with Crippen molar-refractivity contribution in [1.29, 1.82) is 0 Å². The SMILES string of the molecule is CC1(C)c2ccccc2-c2ccc(N(c3ccc4c5c(cccc35)-c3ccc(-c5ccc6c7ccccc7c7ccccc7c6c5)cc3O4)c3cccc4oc5ccccc5c34)cc21. The number of hydrogen-bond donors (Lipinski definition) is 0. The molecule has 1 aromatic heterocycles. The van der Waals surface area contributed by atoms with Gasteiger partial charge in [-0.2, -0.15) is 0 Å². The first-order valence-electron chi connectivity index (χ1n) is 22.2. The highest BCUT2D eigenvalue weighted by atomic mass is 16.5. The smallest absolute Gasteiger partial charge is 0.137 e. The Kier molecular flexibility index (Phi) is 7.17. The van der Waals surface area contributed by atoms with E-state index in [0.29, 0.717) is 0 Å². The van der Waals surface area contributed by atoms with Gasteiger partial charge in [0.15, 0.2) is 0 Å². The zero-order valence-electron chi connectivity index (χ0n) is 35.3. The van der Waals surface area contributed by atoms with Crippen molar-refractivity contribution in [3.8, 4) is 44.9 Å². The van der Waals surface area contributed by atoms with Crippen LogP contribution in [0.4, 0.5) is 17.1 Å². The Balaban J connectivity index is 0.946. The summed E-state index contributed by atoms with van der Waals surface area (Å²) in [5, 5.41) is 12.0. The molecular formula is C61H39NO2. The van der Waals surface area contributed by atoms with E-state index in [-0.39, 0.29) is 5.41 Å². The molecule has 0 bridgehead atoms. The molecule has 0 radical (unpaired) electrons. The third-order valence-corrected chi connectivity index (χ3v) is 14.2. The van der Waals surface area contributed by atoms with E-state index in [1.165, 1.54) is 54.6 Å². The van der Waals surface area contributed by atoms with Gasteiger partial charge in [-0.1, -0.05) is 153 Å². The molecule has 2 aliphatic rings. The molecule has 0 saturated heterocycles. The van der Waals surface area contributed by atoms with Crippen molar-refractivity contribution in [1.82, 2.24) is 0 Å². The summed E-state index contributed by atoms with van der Waals surface area (Å²) in [5.74, 6) is 1.72. The largest absolute Gasteiger partial charge is 0.456 e. The summed E-state index contributed by atoms with van der Waals surface area (Å²) >= 11 is 0. The quantitative estimate of drug-likeness (QED) is 0.165. The Labute approximate surface area is 370 Å². The van der Waals surface area contributed by atoms with Crippen LogP contribution in [-0.4, -0.2) is 0 Å². The molecule has 1 aliphatic carbocycles. The van der Waals surface area contributed by atoms with Crippen molar-refractivity contribution < 1.29 is 9.15 Å². The van der Waals surface area contributed by atoms with Crippen LogP contribution in [0.2, 0.25) is 0 Å². The van der Waals surface area contributed by atoms with E-state index in [0.717, 1.165) is 83.5 Å². The van der Waals surface area contributed by atoms with E-state index in [9.17, 15) is 0 Å². The molecule has 0 spiro atoms. The van der Waals surface area contributed by atoms with Crippen LogP contribution < -0.4 is 9.64 Å². The number of benzene rings is 11. The third-order valence-electron chi connectivity index (χ3n) is 14.2. The van der Waals surface area contributed by atoms with Crippen molar-refractivity contribution in [3.63, 3.8) is 0 Å². The summed E-state index contributed by atoms with van der Waals surface area (Å²) in [5.41, 5.74) is 14.6. The Morgan fingerprint density at radius 2 is 0.969 bits per heavy atom. The Morgan fingerprint density at radius 1 is 0.359 bits per heavy atom. The first-order chi connectivity index (χ1) is 31.5. The number of fused-ring (bicyclic) bond motifs is 14. The van der Waals surface area contributed by atoms with Crippen molar-refractivity contribution in [3.05, 3.63) is 211 Å². The number of para-hydroxylation sites is 1. The lowest BCUT2D eigenvalue weighted by atomic mass is 9.82. The summed E-state index contributed by atoms with van der Waals surface area (Å²) in [4.78, 5) is 2.44. The average Bonchev–Trinajstić information content (AvgIpc) is 3.84. The lowest BCUT2D eigenvalue weighted by Crippen LogP contribution is -2.17. The van der Waals surface area contributed by atoms with Crippen LogP contribution in [0.5, 0.6) is 11.5 Å². The van der Waals surface area contributed by atoms with Crippen LogP contribution in [0.1, 0.15) is 25.0 Å². The highest BCUT2D eigenvalue weighted by molar-refractivity contribution is 6.26. The van der Waals surface area contributed by atoms with Gasteiger partial charge in [0, 0.05) is 32.8 Å². The van der Waals surface area contributed by atoms with Crippen LogP contribution in [0.15, 0.2) is 205 Å². The van der Waals surface area contributed by atoms with Gasteiger partial charge in [0.05, 0.1) is 16.8 Å². The van der Waals surface area contributed by atoms with E-state index in [4.69, 9.17) is 9.15 Å². The molecule has 300 valence electrons. The van der Waals surface area contributed by atoms with Gasteiger partial charge in [0.2, 0.25) is 0 Å². The van der Waals surface area contributed by atoms with Crippen molar-refractivity contribution >= 4 is 82.1 Å². The molecule has 0 fully saturated rings. The van der Waals surface area contributed by atoms with Crippen molar-refractivity contribution in [2.75, 3.05) is 4.90 Å². The second-order valence-electron chi connectivity index (χ2n) is 18.0. The summed E-state index contributed by atoms with van der Waals surface area (Å²) in [6, 6.07) is 72.9. The molecule has 0 unspecified atom stereocenters. The minimum Gasteiger partial charge on any atom is -0.456 e. The van der Waals surface area contributed by atoms with Gasteiger partial charge in [-0.3, -0.25) is 0 Å². The molecule has 11 aromatic carbocycles. The molecule has 3 heteroatoms. The molecule has 0 amide bonds. The zero-order valence-corrected chi connectivity index (χ0v) is 35.3. The monoisotopic (exact) mass is 817 g/mol. The highest BCUT2D eigenvalue weighted by Gasteiger charge is 2.36. The van der Waals surface area contributed by atoms with E-state index in [1.54, 1.807) is 0 Å².